The molecule has 0 saturated heterocycles. The van der Waals surface area contributed by atoms with Crippen molar-refractivity contribution >= 4 is 0 Å². The molecule has 1 heterocycles. The number of benzene rings is 2. The van der Waals surface area contributed by atoms with Gasteiger partial charge >= 0.3 is 0 Å². The van der Waals surface area contributed by atoms with E-state index in [2.05, 4.69) is 41.3 Å². The van der Waals surface area contributed by atoms with E-state index in [1.807, 2.05) is 12.1 Å². The molecule has 0 amide bonds. The molecule has 0 fully saturated rings. The van der Waals surface area contributed by atoms with Crippen LogP contribution in [0.2, 0.25) is 0 Å². The molecular formula is C18H21NO2. The Labute approximate surface area is 125 Å². The van der Waals surface area contributed by atoms with E-state index in [9.17, 15) is 5.11 Å². The van der Waals surface area contributed by atoms with E-state index < -0.39 is 0 Å². The Hall–Kier alpha value is -1.84. The number of hydrogen-bond donors (Lipinski definition) is 1. The molecule has 0 aromatic heterocycles. The van der Waals surface area contributed by atoms with Gasteiger partial charge in [0.25, 0.3) is 0 Å². The number of rotatable bonds is 4. The van der Waals surface area contributed by atoms with Crippen LogP contribution in [0.4, 0.5) is 0 Å². The van der Waals surface area contributed by atoms with Crippen LogP contribution in [-0.2, 0) is 19.5 Å². The lowest BCUT2D eigenvalue weighted by Gasteiger charge is -2.36. The Balaban J connectivity index is 1.77. The SMILES string of the molecule is COc1ccc(CN2Cc3ccccc3C[C@H]2CO)cc1. The van der Waals surface area contributed by atoms with E-state index in [4.69, 9.17) is 4.74 Å². The minimum Gasteiger partial charge on any atom is -0.497 e. The molecule has 2 aromatic carbocycles. The van der Waals surface area contributed by atoms with E-state index in [0.717, 1.165) is 25.3 Å². The van der Waals surface area contributed by atoms with Gasteiger partial charge in [-0.05, 0) is 35.2 Å². The highest BCUT2D eigenvalue weighted by atomic mass is 16.5. The molecule has 0 spiro atoms. The fourth-order valence-corrected chi connectivity index (χ4v) is 2.97. The normalized spacial score (nSPS) is 18.3. The van der Waals surface area contributed by atoms with Crippen LogP contribution in [0.1, 0.15) is 16.7 Å². The molecule has 0 saturated carbocycles. The second kappa shape index (κ2) is 6.29. The van der Waals surface area contributed by atoms with Gasteiger partial charge in [-0.2, -0.15) is 0 Å². The maximum atomic E-state index is 9.69. The molecule has 1 N–H and O–H groups in total. The first-order valence-corrected chi connectivity index (χ1v) is 7.35. The number of nitrogens with zero attached hydrogens (tertiary/aromatic N) is 1. The van der Waals surface area contributed by atoms with E-state index in [1.165, 1.54) is 16.7 Å². The minimum atomic E-state index is 0.196. The second-order valence-corrected chi connectivity index (χ2v) is 5.56. The summed E-state index contributed by atoms with van der Waals surface area (Å²) < 4.78 is 5.19. The Morgan fingerprint density at radius 2 is 1.81 bits per heavy atom. The maximum absolute atomic E-state index is 9.69. The summed E-state index contributed by atoms with van der Waals surface area (Å²) in [7, 11) is 1.68. The Morgan fingerprint density at radius 1 is 1.10 bits per heavy atom. The van der Waals surface area contributed by atoms with E-state index in [1.54, 1.807) is 7.11 Å². The fourth-order valence-electron chi connectivity index (χ4n) is 2.97. The van der Waals surface area contributed by atoms with Crippen molar-refractivity contribution < 1.29 is 9.84 Å². The molecule has 0 unspecified atom stereocenters. The molecule has 0 aliphatic carbocycles. The summed E-state index contributed by atoms with van der Waals surface area (Å²) >= 11 is 0. The summed E-state index contributed by atoms with van der Waals surface area (Å²) in [5.74, 6) is 0.876. The predicted molar refractivity (Wildman–Crippen MR) is 83.3 cm³/mol. The average molecular weight is 283 g/mol. The molecule has 3 heteroatoms. The fraction of sp³-hybridized carbons (Fsp3) is 0.333. The van der Waals surface area contributed by atoms with Crippen molar-refractivity contribution in [3.63, 3.8) is 0 Å². The van der Waals surface area contributed by atoms with Gasteiger partial charge in [0.1, 0.15) is 5.75 Å². The van der Waals surface area contributed by atoms with Gasteiger partial charge in [-0.1, -0.05) is 36.4 Å². The number of methoxy groups -OCH3 is 1. The van der Waals surface area contributed by atoms with Gasteiger partial charge in [-0.25, -0.2) is 0 Å². The summed E-state index contributed by atoms with van der Waals surface area (Å²) in [6, 6.07) is 16.9. The molecule has 1 atom stereocenters. The highest BCUT2D eigenvalue weighted by Crippen LogP contribution is 2.25. The number of hydrogen-bond acceptors (Lipinski definition) is 3. The molecule has 2 aromatic rings. The summed E-state index contributed by atoms with van der Waals surface area (Å²) in [6.07, 6.45) is 0.919. The summed E-state index contributed by atoms with van der Waals surface area (Å²) in [5.41, 5.74) is 3.98. The molecular weight excluding hydrogens is 262 g/mol. The first-order valence-electron chi connectivity index (χ1n) is 7.35. The Kier molecular flexibility index (Phi) is 4.23. The molecule has 3 rings (SSSR count). The smallest absolute Gasteiger partial charge is 0.118 e. The third-order valence-electron chi connectivity index (χ3n) is 4.22. The number of fused-ring (bicyclic) bond motifs is 1. The largest absolute Gasteiger partial charge is 0.497 e. The highest BCUT2D eigenvalue weighted by Gasteiger charge is 2.25. The summed E-state index contributed by atoms with van der Waals surface area (Å²) in [6.45, 7) is 1.95. The van der Waals surface area contributed by atoms with Crippen LogP contribution in [-0.4, -0.2) is 29.8 Å². The lowest BCUT2D eigenvalue weighted by molar-refractivity contribution is 0.0996. The molecule has 3 nitrogen and oxygen atoms in total. The third-order valence-corrected chi connectivity index (χ3v) is 4.22. The van der Waals surface area contributed by atoms with Crippen LogP contribution in [0, 0.1) is 0 Å². The van der Waals surface area contributed by atoms with Crippen LogP contribution in [0.15, 0.2) is 48.5 Å². The lowest BCUT2D eigenvalue weighted by atomic mass is 9.94. The van der Waals surface area contributed by atoms with Crippen molar-refractivity contribution in [2.45, 2.75) is 25.6 Å². The van der Waals surface area contributed by atoms with Crippen molar-refractivity contribution in [2.75, 3.05) is 13.7 Å². The van der Waals surface area contributed by atoms with Crippen LogP contribution < -0.4 is 4.74 Å². The van der Waals surface area contributed by atoms with E-state index in [-0.39, 0.29) is 12.6 Å². The van der Waals surface area contributed by atoms with Gasteiger partial charge in [0, 0.05) is 19.1 Å². The first-order chi connectivity index (χ1) is 10.3. The van der Waals surface area contributed by atoms with Gasteiger partial charge in [0.05, 0.1) is 13.7 Å². The van der Waals surface area contributed by atoms with Gasteiger partial charge < -0.3 is 9.84 Å². The number of aliphatic hydroxyl groups excluding tert-OH is 1. The van der Waals surface area contributed by atoms with Gasteiger partial charge in [-0.15, -0.1) is 0 Å². The summed E-state index contributed by atoms with van der Waals surface area (Å²) in [5, 5.41) is 9.69. The molecule has 0 radical (unpaired) electrons. The van der Waals surface area contributed by atoms with E-state index in [0.29, 0.717) is 0 Å². The molecule has 21 heavy (non-hydrogen) atoms. The standard InChI is InChI=1S/C18H21NO2/c1-21-18-8-6-14(7-9-18)11-19-12-16-5-3-2-4-15(16)10-17(19)13-20/h2-9,17,20H,10-13H2,1H3/t17-/m0/s1. The van der Waals surface area contributed by atoms with Crippen molar-refractivity contribution in [1.29, 1.82) is 0 Å². The average Bonchev–Trinajstić information content (AvgIpc) is 2.55. The van der Waals surface area contributed by atoms with Crippen molar-refractivity contribution in [1.82, 2.24) is 4.90 Å². The van der Waals surface area contributed by atoms with E-state index >= 15 is 0 Å². The van der Waals surface area contributed by atoms with Crippen LogP contribution in [0.5, 0.6) is 5.75 Å². The highest BCUT2D eigenvalue weighted by molar-refractivity contribution is 5.31. The molecule has 110 valence electrons. The first kappa shape index (κ1) is 14.1. The van der Waals surface area contributed by atoms with Crippen molar-refractivity contribution in [3.05, 3.63) is 65.2 Å². The Morgan fingerprint density at radius 3 is 2.48 bits per heavy atom. The zero-order valence-corrected chi connectivity index (χ0v) is 12.3. The molecule has 0 bridgehead atoms. The monoisotopic (exact) mass is 283 g/mol. The quantitative estimate of drug-likeness (QED) is 0.936. The van der Waals surface area contributed by atoms with Crippen molar-refractivity contribution in [3.8, 4) is 5.75 Å². The maximum Gasteiger partial charge on any atom is 0.118 e. The van der Waals surface area contributed by atoms with Crippen LogP contribution >= 0.6 is 0 Å². The Bertz CT molecular complexity index is 594. The van der Waals surface area contributed by atoms with Gasteiger partial charge in [-0.3, -0.25) is 4.90 Å². The number of aliphatic hydroxyl groups is 1. The molecule has 1 aliphatic heterocycles. The molecule has 1 aliphatic rings. The number of ether oxygens (including phenoxy) is 1. The second-order valence-electron chi connectivity index (χ2n) is 5.56. The summed E-state index contributed by atoms with van der Waals surface area (Å²) in [4.78, 5) is 2.35. The van der Waals surface area contributed by atoms with Crippen LogP contribution in [0.3, 0.4) is 0 Å². The lowest BCUT2D eigenvalue weighted by Crippen LogP contribution is -2.42. The predicted octanol–water partition coefficient (Wildman–Crippen LogP) is 2.61. The van der Waals surface area contributed by atoms with Crippen molar-refractivity contribution in [2.24, 2.45) is 0 Å². The minimum absolute atomic E-state index is 0.196. The topological polar surface area (TPSA) is 32.7 Å². The zero-order chi connectivity index (χ0) is 14.7. The van der Waals surface area contributed by atoms with Gasteiger partial charge in [0.15, 0.2) is 0 Å². The third kappa shape index (κ3) is 3.09. The van der Waals surface area contributed by atoms with Gasteiger partial charge in [0.2, 0.25) is 0 Å². The van der Waals surface area contributed by atoms with Crippen LogP contribution in [0.25, 0.3) is 0 Å². The zero-order valence-electron chi connectivity index (χ0n) is 12.3.